The Labute approximate surface area is 199 Å². The minimum Gasteiger partial charge on any atom is -0.496 e. The topological polar surface area (TPSA) is 103 Å². The number of anilines is 2. The van der Waals surface area contributed by atoms with E-state index in [1.807, 2.05) is 17.0 Å². The van der Waals surface area contributed by atoms with E-state index < -0.39 is 9.84 Å². The maximum absolute atomic E-state index is 12.8. The quantitative estimate of drug-likeness (QED) is 0.589. The molecule has 180 valence electrons. The number of aromatic nitrogens is 2. The maximum Gasteiger partial charge on any atom is 0.224 e. The number of fused-ring (bicyclic) bond motifs is 1. The molecule has 2 aliphatic heterocycles. The minimum atomic E-state index is -3.44. The SMILES string of the molecule is COc1ccc(Cl)cc1CCNc1nc2c(c(N3C[C@@H](OC)C[C@H](OC)C3)n1)S(=O)(=O)CC2. The molecule has 0 amide bonds. The molecule has 0 aliphatic carbocycles. The Hall–Kier alpha value is -2.14. The molecule has 0 radical (unpaired) electrons. The summed E-state index contributed by atoms with van der Waals surface area (Å²) in [6, 6.07) is 5.49. The summed E-state index contributed by atoms with van der Waals surface area (Å²) in [5, 5.41) is 3.88. The first kappa shape index (κ1) is 24.0. The van der Waals surface area contributed by atoms with E-state index in [1.165, 1.54) is 0 Å². The summed E-state index contributed by atoms with van der Waals surface area (Å²) in [5.74, 6) is 1.62. The van der Waals surface area contributed by atoms with Gasteiger partial charge in [-0.05, 0) is 30.2 Å². The number of hydrogen-bond donors (Lipinski definition) is 1. The van der Waals surface area contributed by atoms with Crippen LogP contribution in [0, 0.1) is 0 Å². The smallest absolute Gasteiger partial charge is 0.224 e. The van der Waals surface area contributed by atoms with Crippen LogP contribution in [0.5, 0.6) is 5.75 Å². The summed E-state index contributed by atoms with van der Waals surface area (Å²) in [6.45, 7) is 1.60. The van der Waals surface area contributed by atoms with Crippen molar-refractivity contribution >= 4 is 33.2 Å². The Morgan fingerprint density at radius 2 is 1.88 bits per heavy atom. The van der Waals surface area contributed by atoms with Crippen LogP contribution in [0.15, 0.2) is 23.1 Å². The summed E-state index contributed by atoms with van der Waals surface area (Å²) in [7, 11) is 1.49. The number of nitrogens with zero attached hydrogens (tertiary/aromatic N) is 3. The van der Waals surface area contributed by atoms with Gasteiger partial charge in [0.2, 0.25) is 5.95 Å². The Morgan fingerprint density at radius 1 is 1.15 bits per heavy atom. The molecule has 1 fully saturated rings. The van der Waals surface area contributed by atoms with E-state index in [4.69, 9.17) is 25.8 Å². The second-order valence-electron chi connectivity index (χ2n) is 8.20. The fraction of sp³-hybridized carbons (Fsp3) is 0.545. The molecule has 1 aromatic heterocycles. The van der Waals surface area contributed by atoms with Crippen molar-refractivity contribution in [1.82, 2.24) is 9.97 Å². The molecule has 4 rings (SSSR count). The third-order valence-corrected chi connectivity index (χ3v) is 8.11. The van der Waals surface area contributed by atoms with Gasteiger partial charge in [-0.15, -0.1) is 0 Å². The van der Waals surface area contributed by atoms with Crippen molar-refractivity contribution < 1.29 is 22.6 Å². The van der Waals surface area contributed by atoms with Crippen molar-refractivity contribution in [1.29, 1.82) is 0 Å². The minimum absolute atomic E-state index is 0.0441. The van der Waals surface area contributed by atoms with Crippen LogP contribution < -0.4 is 15.0 Å². The average molecular weight is 497 g/mol. The first-order valence-corrected chi connectivity index (χ1v) is 12.9. The number of ether oxygens (including phenoxy) is 3. The molecular weight excluding hydrogens is 468 g/mol. The van der Waals surface area contributed by atoms with Crippen LogP contribution in [0.3, 0.4) is 0 Å². The maximum atomic E-state index is 12.8. The highest BCUT2D eigenvalue weighted by molar-refractivity contribution is 7.91. The van der Waals surface area contributed by atoms with Gasteiger partial charge in [0.05, 0.1) is 30.8 Å². The van der Waals surface area contributed by atoms with Gasteiger partial charge in [-0.2, -0.15) is 4.98 Å². The average Bonchev–Trinajstić information content (AvgIpc) is 3.12. The van der Waals surface area contributed by atoms with Crippen LogP contribution in [-0.4, -0.2) is 77.3 Å². The van der Waals surface area contributed by atoms with E-state index in [9.17, 15) is 8.42 Å². The molecule has 0 spiro atoms. The molecule has 1 saturated heterocycles. The largest absolute Gasteiger partial charge is 0.496 e. The summed E-state index contributed by atoms with van der Waals surface area (Å²) < 4.78 is 42.2. The number of halogens is 1. The lowest BCUT2D eigenvalue weighted by molar-refractivity contribution is 0.0105. The number of benzene rings is 1. The monoisotopic (exact) mass is 496 g/mol. The van der Waals surface area contributed by atoms with Crippen molar-refractivity contribution in [3.05, 3.63) is 34.5 Å². The Bertz CT molecular complexity index is 1100. The molecule has 0 bridgehead atoms. The molecular formula is C22H29ClN4O5S. The van der Waals surface area contributed by atoms with E-state index in [-0.39, 0.29) is 22.9 Å². The van der Waals surface area contributed by atoms with E-state index in [0.717, 1.165) is 17.7 Å². The number of hydrogen-bond acceptors (Lipinski definition) is 9. The van der Waals surface area contributed by atoms with Gasteiger partial charge in [0.1, 0.15) is 10.6 Å². The third-order valence-electron chi connectivity index (χ3n) is 6.10. The van der Waals surface area contributed by atoms with Gasteiger partial charge < -0.3 is 24.4 Å². The molecule has 33 heavy (non-hydrogen) atoms. The molecule has 0 saturated carbocycles. The van der Waals surface area contributed by atoms with Gasteiger partial charge >= 0.3 is 0 Å². The molecule has 2 aliphatic rings. The summed E-state index contributed by atoms with van der Waals surface area (Å²) in [4.78, 5) is 11.4. The highest BCUT2D eigenvalue weighted by atomic mass is 35.5. The Morgan fingerprint density at radius 3 is 2.55 bits per heavy atom. The van der Waals surface area contributed by atoms with E-state index in [2.05, 4.69) is 15.3 Å². The van der Waals surface area contributed by atoms with E-state index in [1.54, 1.807) is 27.4 Å². The van der Waals surface area contributed by atoms with Crippen molar-refractivity contribution in [2.75, 3.05) is 56.9 Å². The van der Waals surface area contributed by atoms with Gasteiger partial charge in [0.25, 0.3) is 0 Å². The van der Waals surface area contributed by atoms with Gasteiger partial charge in [-0.3, -0.25) is 0 Å². The molecule has 1 aromatic carbocycles. The molecule has 3 heterocycles. The lowest BCUT2D eigenvalue weighted by Gasteiger charge is -2.37. The first-order chi connectivity index (χ1) is 15.8. The van der Waals surface area contributed by atoms with E-state index in [0.29, 0.717) is 55.0 Å². The number of rotatable bonds is 8. The van der Waals surface area contributed by atoms with Crippen LogP contribution in [-0.2, 0) is 32.2 Å². The Kier molecular flexibility index (Phi) is 7.28. The predicted octanol–water partition coefficient (Wildman–Crippen LogP) is 2.36. The molecule has 2 aromatic rings. The van der Waals surface area contributed by atoms with Gasteiger partial charge in [-0.1, -0.05) is 11.6 Å². The number of methoxy groups -OCH3 is 3. The lowest BCUT2D eigenvalue weighted by atomic mass is 10.1. The first-order valence-electron chi connectivity index (χ1n) is 10.8. The number of piperidine rings is 1. The van der Waals surface area contributed by atoms with Crippen LogP contribution in [0.1, 0.15) is 17.7 Å². The van der Waals surface area contributed by atoms with Crippen molar-refractivity contribution in [2.45, 2.75) is 36.4 Å². The van der Waals surface area contributed by atoms with Crippen molar-refractivity contribution in [2.24, 2.45) is 0 Å². The number of nitrogens with one attached hydrogen (secondary N) is 1. The summed E-state index contributed by atoms with van der Waals surface area (Å²) in [5.41, 5.74) is 1.51. The number of sulfone groups is 1. The van der Waals surface area contributed by atoms with Crippen LogP contribution in [0.2, 0.25) is 5.02 Å². The highest BCUT2D eigenvalue weighted by Crippen LogP contribution is 2.35. The fourth-order valence-electron chi connectivity index (χ4n) is 4.37. The van der Waals surface area contributed by atoms with E-state index >= 15 is 0 Å². The van der Waals surface area contributed by atoms with Crippen molar-refractivity contribution in [3.63, 3.8) is 0 Å². The van der Waals surface area contributed by atoms with Crippen LogP contribution in [0.4, 0.5) is 11.8 Å². The molecule has 1 N–H and O–H groups in total. The summed E-state index contributed by atoms with van der Waals surface area (Å²) >= 11 is 6.13. The number of aryl methyl sites for hydroxylation is 1. The summed E-state index contributed by atoms with van der Waals surface area (Å²) in [6.07, 6.45) is 1.60. The van der Waals surface area contributed by atoms with Crippen molar-refractivity contribution in [3.8, 4) is 5.75 Å². The Balaban J connectivity index is 1.60. The zero-order valence-electron chi connectivity index (χ0n) is 19.0. The molecule has 9 nitrogen and oxygen atoms in total. The highest BCUT2D eigenvalue weighted by Gasteiger charge is 2.37. The standard InChI is InChI=1S/C22H29ClN4O5S/c1-30-16-11-17(31-2)13-27(12-16)21-20-18(7-9-33(20,28)29)25-22(26-21)24-8-6-14-10-15(23)4-5-19(14)32-3/h4-5,10,16-17H,6-9,11-13H2,1-3H3,(H,24,25,26)/t16-,17-/m0/s1. The second kappa shape index (κ2) is 10.0. The molecule has 0 unspecified atom stereocenters. The third kappa shape index (κ3) is 5.18. The van der Waals surface area contributed by atoms with Crippen LogP contribution in [0.25, 0.3) is 0 Å². The molecule has 2 atom stereocenters. The fourth-order valence-corrected chi connectivity index (χ4v) is 6.19. The molecule has 11 heteroatoms. The zero-order chi connectivity index (χ0) is 23.6. The van der Waals surface area contributed by atoms with Crippen LogP contribution >= 0.6 is 11.6 Å². The van der Waals surface area contributed by atoms with Gasteiger partial charge in [0, 0.05) is 51.7 Å². The second-order valence-corrected chi connectivity index (χ2v) is 10.7. The van der Waals surface area contributed by atoms with Gasteiger partial charge in [0.15, 0.2) is 15.7 Å². The normalized spacial score (nSPS) is 21.6. The predicted molar refractivity (Wildman–Crippen MR) is 126 cm³/mol. The van der Waals surface area contributed by atoms with Gasteiger partial charge in [-0.25, -0.2) is 13.4 Å². The lowest BCUT2D eigenvalue weighted by Crippen LogP contribution is -2.48. The zero-order valence-corrected chi connectivity index (χ0v) is 20.6.